The molecule has 1 N–H and O–H groups in total. The van der Waals surface area contributed by atoms with Crippen LogP contribution in [-0.4, -0.2) is 21.2 Å². The highest BCUT2D eigenvalue weighted by molar-refractivity contribution is 9.10. The summed E-state index contributed by atoms with van der Waals surface area (Å²) >= 11 is 3.11. The second kappa shape index (κ2) is 6.37. The highest BCUT2D eigenvalue weighted by Crippen LogP contribution is 2.32. The number of nitro groups is 1. The second-order valence-corrected chi connectivity index (χ2v) is 6.06. The Morgan fingerprint density at radius 3 is 2.79 bits per heavy atom. The van der Waals surface area contributed by atoms with Gasteiger partial charge in [0.05, 0.1) is 20.6 Å². The molecule has 0 fully saturated rings. The first-order valence-electron chi connectivity index (χ1n) is 7.02. The van der Waals surface area contributed by atoms with Crippen LogP contribution in [0.15, 0.2) is 51.9 Å². The van der Waals surface area contributed by atoms with Crippen LogP contribution in [0.1, 0.15) is 11.3 Å². The molecular formula is C17H12BrN3O3. The molecule has 2 aromatic carbocycles. The fourth-order valence-corrected chi connectivity index (χ4v) is 2.71. The normalized spacial score (nSPS) is 11.2. The predicted octanol–water partition coefficient (Wildman–Crippen LogP) is 4.67. The Morgan fingerprint density at radius 2 is 2.04 bits per heavy atom. The van der Waals surface area contributed by atoms with E-state index in [1.165, 1.54) is 18.3 Å². The Kier molecular flexibility index (Phi) is 4.26. The summed E-state index contributed by atoms with van der Waals surface area (Å²) < 4.78 is 0.247. The number of aliphatic imine (C=N–C) groups is 1. The SMILES string of the molecule is Cc1ccc2cc(N=Cc3cc([N+](=O)[O-])cc(Br)c3O)ccc2n1. The van der Waals surface area contributed by atoms with E-state index in [1.807, 2.05) is 31.2 Å². The van der Waals surface area contributed by atoms with Crippen molar-refractivity contribution in [1.82, 2.24) is 4.98 Å². The topological polar surface area (TPSA) is 88.6 Å². The Balaban J connectivity index is 1.99. The first-order chi connectivity index (χ1) is 11.4. The Labute approximate surface area is 145 Å². The molecule has 0 aliphatic carbocycles. The number of aromatic nitrogens is 1. The van der Waals surface area contributed by atoms with Crippen LogP contribution in [-0.2, 0) is 0 Å². The summed E-state index contributed by atoms with van der Waals surface area (Å²) in [6.07, 6.45) is 1.40. The highest BCUT2D eigenvalue weighted by atomic mass is 79.9. The van der Waals surface area contributed by atoms with Crippen LogP contribution >= 0.6 is 15.9 Å². The van der Waals surface area contributed by atoms with Crippen LogP contribution in [0.3, 0.4) is 0 Å². The van der Waals surface area contributed by atoms with Crippen LogP contribution < -0.4 is 0 Å². The summed E-state index contributed by atoms with van der Waals surface area (Å²) in [6, 6.07) is 11.9. The number of pyridine rings is 1. The van der Waals surface area contributed by atoms with Crippen LogP contribution in [0.2, 0.25) is 0 Å². The number of halogens is 1. The minimum atomic E-state index is -0.522. The quantitative estimate of drug-likeness (QED) is 0.403. The van der Waals surface area contributed by atoms with E-state index in [1.54, 1.807) is 6.07 Å². The maximum atomic E-state index is 10.9. The number of fused-ring (bicyclic) bond motifs is 1. The van der Waals surface area contributed by atoms with Crippen molar-refractivity contribution in [3.05, 3.63) is 68.3 Å². The molecule has 3 rings (SSSR count). The van der Waals surface area contributed by atoms with E-state index in [2.05, 4.69) is 25.9 Å². The van der Waals surface area contributed by atoms with Crippen molar-refractivity contribution in [2.75, 3.05) is 0 Å². The summed E-state index contributed by atoms with van der Waals surface area (Å²) in [4.78, 5) is 19.1. The molecule has 0 amide bonds. The molecule has 1 aromatic heterocycles. The van der Waals surface area contributed by atoms with Gasteiger partial charge in [0.25, 0.3) is 5.69 Å². The minimum Gasteiger partial charge on any atom is -0.506 e. The molecule has 7 heteroatoms. The van der Waals surface area contributed by atoms with Crippen LogP contribution in [0.5, 0.6) is 5.75 Å². The van der Waals surface area contributed by atoms with Crippen molar-refractivity contribution in [2.24, 2.45) is 4.99 Å². The summed E-state index contributed by atoms with van der Waals surface area (Å²) in [5.41, 5.74) is 2.60. The first kappa shape index (κ1) is 16.1. The van der Waals surface area contributed by atoms with Gasteiger partial charge in [-0.3, -0.25) is 20.1 Å². The van der Waals surface area contributed by atoms with Gasteiger partial charge in [-0.1, -0.05) is 6.07 Å². The van der Waals surface area contributed by atoms with Gasteiger partial charge < -0.3 is 5.11 Å². The van der Waals surface area contributed by atoms with Crippen LogP contribution in [0.4, 0.5) is 11.4 Å². The van der Waals surface area contributed by atoms with Gasteiger partial charge >= 0.3 is 0 Å². The fraction of sp³-hybridized carbons (Fsp3) is 0.0588. The van der Waals surface area contributed by atoms with Gasteiger partial charge in [-0.15, -0.1) is 0 Å². The lowest BCUT2D eigenvalue weighted by atomic mass is 10.1. The summed E-state index contributed by atoms with van der Waals surface area (Å²) in [5, 5.41) is 21.9. The largest absolute Gasteiger partial charge is 0.506 e. The molecule has 0 bridgehead atoms. The van der Waals surface area contributed by atoms with E-state index in [4.69, 9.17) is 0 Å². The first-order valence-corrected chi connectivity index (χ1v) is 7.82. The van der Waals surface area contributed by atoms with Crippen LogP contribution in [0, 0.1) is 17.0 Å². The van der Waals surface area contributed by atoms with Crippen LogP contribution in [0.25, 0.3) is 10.9 Å². The van der Waals surface area contributed by atoms with Gasteiger partial charge in [0.2, 0.25) is 0 Å². The third-order valence-electron chi connectivity index (χ3n) is 3.45. The third-order valence-corrected chi connectivity index (χ3v) is 4.06. The van der Waals surface area contributed by atoms with Crippen molar-refractivity contribution >= 4 is 44.4 Å². The summed E-state index contributed by atoms with van der Waals surface area (Å²) in [5.74, 6) is -0.0950. The summed E-state index contributed by atoms with van der Waals surface area (Å²) in [6.45, 7) is 1.93. The maximum Gasteiger partial charge on any atom is 0.271 e. The number of phenolic OH excluding ortho intramolecular Hbond substituents is 1. The Bertz CT molecular complexity index is 986. The van der Waals surface area contributed by atoms with Gasteiger partial charge in [0.1, 0.15) is 5.75 Å². The monoisotopic (exact) mass is 385 g/mol. The molecule has 0 radical (unpaired) electrons. The zero-order chi connectivity index (χ0) is 17.3. The number of hydrogen-bond acceptors (Lipinski definition) is 5. The fourth-order valence-electron chi connectivity index (χ4n) is 2.25. The molecule has 0 aliphatic rings. The lowest BCUT2D eigenvalue weighted by Gasteiger charge is -2.03. The van der Waals surface area contributed by atoms with E-state index in [-0.39, 0.29) is 21.5 Å². The number of non-ortho nitro benzene ring substituents is 1. The molecule has 0 spiro atoms. The number of aromatic hydroxyl groups is 1. The Hall–Kier alpha value is -2.80. The zero-order valence-corrected chi connectivity index (χ0v) is 14.2. The average Bonchev–Trinajstić information content (AvgIpc) is 2.55. The lowest BCUT2D eigenvalue weighted by molar-refractivity contribution is -0.385. The van der Waals surface area contributed by atoms with Crippen molar-refractivity contribution < 1.29 is 10.0 Å². The van der Waals surface area contributed by atoms with Crippen molar-refractivity contribution in [3.63, 3.8) is 0 Å². The van der Waals surface area contributed by atoms with E-state index < -0.39 is 4.92 Å². The number of rotatable bonds is 3. The number of nitrogens with zero attached hydrogens (tertiary/aromatic N) is 3. The minimum absolute atomic E-state index is 0.0950. The van der Waals surface area contributed by atoms with Gasteiger partial charge in [-0.25, -0.2) is 0 Å². The predicted molar refractivity (Wildman–Crippen MR) is 96.2 cm³/mol. The number of benzene rings is 2. The van der Waals surface area contributed by atoms with E-state index in [0.29, 0.717) is 5.69 Å². The molecule has 0 unspecified atom stereocenters. The van der Waals surface area contributed by atoms with Crippen molar-refractivity contribution in [2.45, 2.75) is 6.92 Å². The zero-order valence-electron chi connectivity index (χ0n) is 12.6. The van der Waals surface area contributed by atoms with Gasteiger partial charge in [-0.05, 0) is 47.1 Å². The molecule has 0 atom stereocenters. The average molecular weight is 386 g/mol. The smallest absolute Gasteiger partial charge is 0.271 e. The number of aryl methyl sites for hydroxylation is 1. The molecule has 0 aliphatic heterocycles. The van der Waals surface area contributed by atoms with E-state index in [0.717, 1.165) is 16.6 Å². The molecule has 120 valence electrons. The van der Waals surface area contributed by atoms with Crippen molar-refractivity contribution in [3.8, 4) is 5.75 Å². The number of phenols is 1. The molecule has 24 heavy (non-hydrogen) atoms. The third kappa shape index (κ3) is 3.26. The molecule has 6 nitrogen and oxygen atoms in total. The summed E-state index contributed by atoms with van der Waals surface area (Å²) in [7, 11) is 0. The second-order valence-electron chi connectivity index (χ2n) is 5.21. The molecule has 0 saturated heterocycles. The van der Waals surface area contributed by atoms with Gasteiger partial charge in [0.15, 0.2) is 0 Å². The molecule has 1 heterocycles. The molecule has 3 aromatic rings. The lowest BCUT2D eigenvalue weighted by Crippen LogP contribution is -1.91. The van der Waals surface area contributed by atoms with E-state index >= 15 is 0 Å². The Morgan fingerprint density at radius 1 is 1.25 bits per heavy atom. The standard InChI is InChI=1S/C17H12BrN3O3/c1-10-2-3-11-6-13(4-5-16(11)20-10)19-9-12-7-14(21(23)24)8-15(18)17(12)22/h2-9,22H,1H3. The maximum absolute atomic E-state index is 10.9. The van der Waals surface area contributed by atoms with E-state index in [9.17, 15) is 15.2 Å². The highest BCUT2D eigenvalue weighted by Gasteiger charge is 2.13. The van der Waals surface area contributed by atoms with Gasteiger partial charge in [-0.2, -0.15) is 0 Å². The van der Waals surface area contributed by atoms with Gasteiger partial charge in [0, 0.05) is 35.0 Å². The number of hydrogen-bond donors (Lipinski definition) is 1. The molecular weight excluding hydrogens is 374 g/mol. The van der Waals surface area contributed by atoms with Crippen molar-refractivity contribution in [1.29, 1.82) is 0 Å². The molecule has 0 saturated carbocycles. The number of nitro benzene ring substituents is 1.